The van der Waals surface area contributed by atoms with Crippen molar-refractivity contribution in [2.24, 2.45) is 0 Å². The van der Waals surface area contributed by atoms with Crippen LogP contribution in [-0.4, -0.2) is 38.1 Å². The molecule has 0 amide bonds. The number of aliphatic hydroxyl groups is 1. The number of hydrogen-bond acceptors (Lipinski definition) is 3. The van der Waals surface area contributed by atoms with Crippen LogP contribution in [0.3, 0.4) is 0 Å². The Morgan fingerprint density at radius 2 is 1.28 bits per heavy atom. The Bertz CT molecular complexity index is 160. The molecule has 0 saturated heterocycles. The lowest BCUT2D eigenvalue weighted by Gasteiger charge is -2.05. The van der Waals surface area contributed by atoms with Crippen LogP contribution < -0.4 is 0 Å². The van der Waals surface area contributed by atoms with Crippen LogP contribution in [0.25, 0.3) is 0 Å². The van der Waals surface area contributed by atoms with Crippen LogP contribution >= 0.6 is 0 Å². The van der Waals surface area contributed by atoms with Crippen molar-refractivity contribution in [1.29, 1.82) is 0 Å². The van der Waals surface area contributed by atoms with Gasteiger partial charge < -0.3 is 14.6 Å². The van der Waals surface area contributed by atoms with Gasteiger partial charge in [0.1, 0.15) is 0 Å². The molecule has 0 aromatic rings. The first-order chi connectivity index (χ1) is 8.91. The van der Waals surface area contributed by atoms with E-state index < -0.39 is 0 Å². The summed E-state index contributed by atoms with van der Waals surface area (Å²) in [6.45, 7) is 6.29. The minimum Gasteiger partial charge on any atom is -0.394 e. The molecular formula is C15H30O3. The Balaban J connectivity index is 2.88. The number of hydrogen-bond donors (Lipinski definition) is 1. The summed E-state index contributed by atoms with van der Waals surface area (Å²) in [5.41, 5.74) is 0. The second kappa shape index (κ2) is 16.6. The van der Waals surface area contributed by atoms with Gasteiger partial charge >= 0.3 is 0 Å². The number of rotatable bonds is 15. The molecule has 0 bridgehead atoms. The van der Waals surface area contributed by atoms with Gasteiger partial charge in [0.15, 0.2) is 0 Å². The number of ether oxygens (including phenoxy) is 2. The van der Waals surface area contributed by atoms with E-state index in [-0.39, 0.29) is 6.61 Å². The average molecular weight is 258 g/mol. The largest absolute Gasteiger partial charge is 0.394 e. The quantitative estimate of drug-likeness (QED) is 0.362. The molecule has 3 nitrogen and oxygen atoms in total. The summed E-state index contributed by atoms with van der Waals surface area (Å²) in [7, 11) is 0. The summed E-state index contributed by atoms with van der Waals surface area (Å²) in [6.07, 6.45) is 12.2. The molecule has 108 valence electrons. The zero-order valence-electron chi connectivity index (χ0n) is 11.7. The molecule has 0 rings (SSSR count). The average Bonchev–Trinajstić information content (AvgIpc) is 2.39. The van der Waals surface area contributed by atoms with E-state index in [1.54, 1.807) is 0 Å². The number of allylic oxidation sites excluding steroid dienone is 1. The predicted molar refractivity (Wildman–Crippen MR) is 75.9 cm³/mol. The van der Waals surface area contributed by atoms with Crippen molar-refractivity contribution in [3.63, 3.8) is 0 Å². The molecule has 0 aromatic heterocycles. The molecule has 18 heavy (non-hydrogen) atoms. The molecular weight excluding hydrogens is 228 g/mol. The Kier molecular flexibility index (Phi) is 16.3. The number of aliphatic hydroxyl groups excluding tert-OH is 1. The Hall–Kier alpha value is -0.380. The Morgan fingerprint density at radius 1 is 0.722 bits per heavy atom. The van der Waals surface area contributed by atoms with E-state index in [4.69, 9.17) is 14.6 Å². The van der Waals surface area contributed by atoms with Gasteiger partial charge in [-0.2, -0.15) is 0 Å². The summed E-state index contributed by atoms with van der Waals surface area (Å²) in [5.74, 6) is 0. The summed E-state index contributed by atoms with van der Waals surface area (Å²) >= 11 is 0. The minimum absolute atomic E-state index is 0.0901. The summed E-state index contributed by atoms with van der Waals surface area (Å²) < 4.78 is 10.5. The normalized spacial score (nSPS) is 10.7. The molecule has 0 spiro atoms. The molecule has 0 heterocycles. The van der Waals surface area contributed by atoms with Gasteiger partial charge in [0.25, 0.3) is 0 Å². The summed E-state index contributed by atoms with van der Waals surface area (Å²) in [4.78, 5) is 0. The lowest BCUT2D eigenvalue weighted by atomic mass is 10.1. The van der Waals surface area contributed by atoms with E-state index in [9.17, 15) is 0 Å². The van der Waals surface area contributed by atoms with Crippen LogP contribution in [0.2, 0.25) is 0 Å². The van der Waals surface area contributed by atoms with E-state index >= 15 is 0 Å². The lowest BCUT2D eigenvalue weighted by molar-refractivity contribution is 0.0321. The van der Waals surface area contributed by atoms with Crippen molar-refractivity contribution < 1.29 is 14.6 Å². The van der Waals surface area contributed by atoms with Crippen molar-refractivity contribution in [2.75, 3.05) is 33.0 Å². The van der Waals surface area contributed by atoms with Crippen molar-refractivity contribution in [1.82, 2.24) is 0 Å². The maximum absolute atomic E-state index is 8.49. The van der Waals surface area contributed by atoms with Crippen molar-refractivity contribution in [2.45, 2.75) is 51.4 Å². The van der Waals surface area contributed by atoms with Gasteiger partial charge in [0.2, 0.25) is 0 Å². The third-order valence-electron chi connectivity index (χ3n) is 2.80. The van der Waals surface area contributed by atoms with Crippen molar-refractivity contribution in [3.8, 4) is 0 Å². The van der Waals surface area contributed by atoms with Gasteiger partial charge in [-0.15, -0.1) is 6.58 Å². The van der Waals surface area contributed by atoms with Crippen LogP contribution in [0.1, 0.15) is 51.4 Å². The fourth-order valence-electron chi connectivity index (χ4n) is 1.76. The Labute approximate surface area is 112 Å². The zero-order chi connectivity index (χ0) is 13.3. The highest BCUT2D eigenvalue weighted by atomic mass is 16.5. The van der Waals surface area contributed by atoms with Gasteiger partial charge in [-0.05, 0) is 19.3 Å². The third kappa shape index (κ3) is 15.6. The molecule has 0 radical (unpaired) electrons. The van der Waals surface area contributed by atoms with E-state index in [1.807, 2.05) is 6.08 Å². The van der Waals surface area contributed by atoms with Crippen LogP contribution in [0.5, 0.6) is 0 Å². The lowest BCUT2D eigenvalue weighted by Crippen LogP contribution is -2.07. The second-order valence-corrected chi connectivity index (χ2v) is 4.50. The van der Waals surface area contributed by atoms with Gasteiger partial charge in [0, 0.05) is 6.61 Å². The van der Waals surface area contributed by atoms with E-state index in [0.717, 1.165) is 19.4 Å². The van der Waals surface area contributed by atoms with E-state index in [1.165, 1.54) is 38.5 Å². The van der Waals surface area contributed by atoms with Crippen LogP contribution in [0.15, 0.2) is 12.7 Å². The zero-order valence-corrected chi connectivity index (χ0v) is 11.7. The molecule has 0 aliphatic rings. The molecule has 0 atom stereocenters. The van der Waals surface area contributed by atoms with Crippen molar-refractivity contribution in [3.05, 3.63) is 12.7 Å². The highest BCUT2D eigenvalue weighted by molar-refractivity contribution is 4.65. The van der Waals surface area contributed by atoms with Crippen LogP contribution in [-0.2, 0) is 9.47 Å². The SMILES string of the molecule is C=CCCCCCCCCCOCCOCCO. The summed E-state index contributed by atoms with van der Waals surface area (Å²) in [6, 6.07) is 0. The monoisotopic (exact) mass is 258 g/mol. The van der Waals surface area contributed by atoms with Gasteiger partial charge in [-0.1, -0.05) is 38.2 Å². The van der Waals surface area contributed by atoms with Gasteiger partial charge in [0.05, 0.1) is 26.4 Å². The molecule has 0 aliphatic heterocycles. The first kappa shape index (κ1) is 17.6. The predicted octanol–water partition coefficient (Wildman–Crippen LogP) is 3.32. The first-order valence-electron chi connectivity index (χ1n) is 7.29. The molecule has 0 aliphatic carbocycles. The molecule has 0 unspecified atom stereocenters. The smallest absolute Gasteiger partial charge is 0.0701 e. The third-order valence-corrected chi connectivity index (χ3v) is 2.80. The van der Waals surface area contributed by atoms with Gasteiger partial charge in [-0.3, -0.25) is 0 Å². The molecule has 0 aromatic carbocycles. The van der Waals surface area contributed by atoms with Crippen LogP contribution in [0.4, 0.5) is 0 Å². The fraction of sp³-hybridized carbons (Fsp3) is 0.867. The molecule has 0 fully saturated rings. The highest BCUT2D eigenvalue weighted by Gasteiger charge is 1.93. The highest BCUT2D eigenvalue weighted by Crippen LogP contribution is 2.08. The first-order valence-corrected chi connectivity index (χ1v) is 7.29. The molecule has 1 N–H and O–H groups in total. The number of unbranched alkanes of at least 4 members (excludes halogenated alkanes) is 7. The van der Waals surface area contributed by atoms with Crippen molar-refractivity contribution >= 4 is 0 Å². The fourth-order valence-corrected chi connectivity index (χ4v) is 1.76. The van der Waals surface area contributed by atoms with E-state index in [2.05, 4.69) is 6.58 Å². The Morgan fingerprint density at radius 3 is 1.89 bits per heavy atom. The molecule has 3 heteroatoms. The van der Waals surface area contributed by atoms with Gasteiger partial charge in [-0.25, -0.2) is 0 Å². The van der Waals surface area contributed by atoms with Crippen LogP contribution in [0, 0.1) is 0 Å². The van der Waals surface area contributed by atoms with E-state index in [0.29, 0.717) is 19.8 Å². The minimum atomic E-state index is 0.0901. The maximum Gasteiger partial charge on any atom is 0.0701 e. The standard InChI is InChI=1S/C15H30O3/c1-2-3-4-5-6-7-8-9-10-12-17-14-15-18-13-11-16/h2,16H,1,3-15H2. The summed E-state index contributed by atoms with van der Waals surface area (Å²) in [5, 5.41) is 8.49. The molecule has 0 saturated carbocycles. The second-order valence-electron chi connectivity index (χ2n) is 4.50. The maximum atomic E-state index is 8.49. The topological polar surface area (TPSA) is 38.7 Å².